The van der Waals surface area contributed by atoms with E-state index in [1.54, 1.807) is 0 Å². The van der Waals surface area contributed by atoms with Crippen molar-refractivity contribution < 1.29 is 15.0 Å². The Morgan fingerprint density at radius 2 is 0.826 bits per heavy atom. The van der Waals surface area contributed by atoms with Crippen LogP contribution in [0.25, 0.3) is 0 Å². The van der Waals surface area contributed by atoms with Crippen LogP contribution < -0.4 is 5.32 Å². The lowest BCUT2D eigenvalue weighted by Crippen LogP contribution is -2.45. The molecule has 0 saturated carbocycles. The Kier molecular flexibility index (Phi) is 37.8. The summed E-state index contributed by atoms with van der Waals surface area (Å²) in [5.41, 5.74) is 0. The van der Waals surface area contributed by atoms with Crippen molar-refractivity contribution in [3.63, 3.8) is 0 Å². The largest absolute Gasteiger partial charge is 0.394 e. The molecule has 0 aliphatic heterocycles. The molecule has 0 aliphatic rings. The monoisotopic (exact) mass is 650 g/mol. The first-order valence-electron chi connectivity index (χ1n) is 20.9. The second-order valence-electron chi connectivity index (χ2n) is 14.4. The van der Waals surface area contributed by atoms with E-state index in [0.29, 0.717) is 12.8 Å². The number of aliphatic hydroxyl groups excluding tert-OH is 2. The molecule has 0 rings (SSSR count). The number of aliphatic hydroxyl groups is 2. The van der Waals surface area contributed by atoms with Crippen LogP contribution in [0.3, 0.4) is 0 Å². The van der Waals surface area contributed by atoms with E-state index in [1.807, 2.05) is 0 Å². The molecule has 0 unspecified atom stereocenters. The van der Waals surface area contributed by atoms with Crippen LogP contribution in [-0.4, -0.2) is 34.9 Å². The fourth-order valence-electron chi connectivity index (χ4n) is 6.53. The fourth-order valence-corrected chi connectivity index (χ4v) is 6.53. The summed E-state index contributed by atoms with van der Waals surface area (Å²) in [5.74, 6) is -0.0306. The maximum Gasteiger partial charge on any atom is 0.220 e. The quantitative estimate of drug-likeness (QED) is 0.0460. The van der Waals surface area contributed by atoms with Crippen LogP contribution in [0.4, 0.5) is 0 Å². The zero-order valence-corrected chi connectivity index (χ0v) is 31.4. The number of nitrogens with one attached hydrogen (secondary N) is 1. The molecule has 0 saturated heterocycles. The summed E-state index contributed by atoms with van der Waals surface area (Å²) >= 11 is 0. The van der Waals surface area contributed by atoms with Gasteiger partial charge in [0.1, 0.15) is 0 Å². The summed E-state index contributed by atoms with van der Waals surface area (Å²) < 4.78 is 0. The van der Waals surface area contributed by atoms with Crippen LogP contribution in [0.15, 0.2) is 12.2 Å². The lowest BCUT2D eigenvalue weighted by Gasteiger charge is -2.22. The van der Waals surface area contributed by atoms with Gasteiger partial charge in [0.2, 0.25) is 5.91 Å². The van der Waals surface area contributed by atoms with Crippen LogP contribution in [0, 0.1) is 0 Å². The SMILES string of the molecule is CCCCCCCC/C=C/CCCCCCCCCCCCCCCC(=O)N[C@@H](CO)[C@H](O)CCCCCCCCCCCCC. The van der Waals surface area contributed by atoms with Gasteiger partial charge in [0.05, 0.1) is 18.8 Å². The van der Waals surface area contributed by atoms with E-state index in [9.17, 15) is 15.0 Å². The Morgan fingerprint density at radius 3 is 1.20 bits per heavy atom. The van der Waals surface area contributed by atoms with E-state index in [2.05, 4.69) is 31.3 Å². The Balaban J connectivity index is 3.46. The number of unbranched alkanes of at least 4 members (excludes halogenated alkanes) is 29. The molecule has 0 aromatic carbocycles. The van der Waals surface area contributed by atoms with Gasteiger partial charge in [-0.1, -0.05) is 199 Å². The topological polar surface area (TPSA) is 69.6 Å². The minimum atomic E-state index is -0.653. The zero-order valence-electron chi connectivity index (χ0n) is 31.4. The molecule has 0 bridgehead atoms. The van der Waals surface area contributed by atoms with Gasteiger partial charge in [-0.05, 0) is 38.5 Å². The predicted molar refractivity (Wildman–Crippen MR) is 202 cm³/mol. The van der Waals surface area contributed by atoms with E-state index in [4.69, 9.17) is 0 Å². The standard InChI is InChI=1S/C42H83NO3/c1-3-5-7-9-11-13-15-16-17-18-19-20-21-22-23-24-25-26-28-30-32-34-36-38-42(46)43-40(39-44)41(45)37-35-33-31-29-27-14-12-10-8-6-4-2/h16-17,40-41,44-45H,3-15,18-39H2,1-2H3,(H,43,46)/b17-16+/t40-,41+/m0/s1. The summed E-state index contributed by atoms with van der Waals surface area (Å²) in [6.07, 6.45) is 47.1. The summed E-state index contributed by atoms with van der Waals surface area (Å²) in [6.45, 7) is 4.35. The summed E-state index contributed by atoms with van der Waals surface area (Å²) in [4.78, 5) is 12.4. The first kappa shape index (κ1) is 45.1. The first-order valence-corrected chi connectivity index (χ1v) is 20.9. The molecule has 0 aromatic heterocycles. The minimum absolute atomic E-state index is 0.0306. The average Bonchev–Trinajstić information content (AvgIpc) is 3.06. The third-order valence-electron chi connectivity index (χ3n) is 9.78. The highest BCUT2D eigenvalue weighted by Crippen LogP contribution is 2.16. The molecular weight excluding hydrogens is 566 g/mol. The smallest absolute Gasteiger partial charge is 0.220 e. The van der Waals surface area contributed by atoms with Crippen LogP contribution in [0.1, 0.15) is 232 Å². The lowest BCUT2D eigenvalue weighted by molar-refractivity contribution is -0.123. The van der Waals surface area contributed by atoms with Crippen LogP contribution >= 0.6 is 0 Å². The van der Waals surface area contributed by atoms with Gasteiger partial charge in [0, 0.05) is 6.42 Å². The van der Waals surface area contributed by atoms with Crippen LogP contribution in [0.5, 0.6) is 0 Å². The molecule has 0 radical (unpaired) electrons. The highest BCUT2D eigenvalue weighted by Gasteiger charge is 2.19. The highest BCUT2D eigenvalue weighted by molar-refractivity contribution is 5.76. The van der Waals surface area contributed by atoms with Gasteiger partial charge in [0.15, 0.2) is 0 Å². The number of rotatable bonds is 38. The van der Waals surface area contributed by atoms with E-state index in [-0.39, 0.29) is 12.5 Å². The van der Waals surface area contributed by atoms with Gasteiger partial charge in [-0.15, -0.1) is 0 Å². The molecule has 1 amide bonds. The molecule has 46 heavy (non-hydrogen) atoms. The van der Waals surface area contributed by atoms with Crippen molar-refractivity contribution in [3.8, 4) is 0 Å². The molecule has 0 spiro atoms. The summed E-state index contributed by atoms with van der Waals surface area (Å²) in [6, 6.07) is -0.530. The number of hydrogen-bond donors (Lipinski definition) is 3. The third-order valence-corrected chi connectivity index (χ3v) is 9.78. The molecule has 2 atom stereocenters. The molecule has 0 aliphatic carbocycles. The molecule has 3 N–H and O–H groups in total. The lowest BCUT2D eigenvalue weighted by atomic mass is 10.0. The van der Waals surface area contributed by atoms with Gasteiger partial charge in [-0.3, -0.25) is 4.79 Å². The molecule has 4 nitrogen and oxygen atoms in total. The maximum absolute atomic E-state index is 12.4. The summed E-state index contributed by atoms with van der Waals surface area (Å²) in [7, 11) is 0. The number of hydrogen-bond acceptors (Lipinski definition) is 3. The number of carbonyl (C=O) groups is 1. The van der Waals surface area contributed by atoms with Gasteiger partial charge in [-0.2, -0.15) is 0 Å². The first-order chi connectivity index (χ1) is 22.7. The van der Waals surface area contributed by atoms with E-state index < -0.39 is 12.1 Å². The van der Waals surface area contributed by atoms with Crippen LogP contribution in [-0.2, 0) is 4.79 Å². The Labute approximate surface area is 288 Å². The van der Waals surface area contributed by atoms with Gasteiger partial charge in [0.25, 0.3) is 0 Å². The van der Waals surface area contributed by atoms with Crippen molar-refractivity contribution in [2.75, 3.05) is 6.61 Å². The van der Waals surface area contributed by atoms with E-state index >= 15 is 0 Å². The molecule has 0 fully saturated rings. The van der Waals surface area contributed by atoms with Crippen molar-refractivity contribution in [2.24, 2.45) is 0 Å². The van der Waals surface area contributed by atoms with Gasteiger partial charge < -0.3 is 15.5 Å². The maximum atomic E-state index is 12.4. The Hall–Kier alpha value is -0.870. The number of allylic oxidation sites excluding steroid dienone is 2. The zero-order chi connectivity index (χ0) is 33.6. The second-order valence-corrected chi connectivity index (χ2v) is 14.4. The average molecular weight is 650 g/mol. The molecular formula is C42H83NO3. The molecule has 274 valence electrons. The minimum Gasteiger partial charge on any atom is -0.394 e. The van der Waals surface area contributed by atoms with Crippen LogP contribution in [0.2, 0.25) is 0 Å². The third kappa shape index (κ3) is 34.5. The normalized spacial score (nSPS) is 13.0. The summed E-state index contributed by atoms with van der Waals surface area (Å²) in [5, 5.41) is 23.1. The second kappa shape index (κ2) is 38.6. The van der Waals surface area contributed by atoms with Gasteiger partial charge >= 0.3 is 0 Å². The highest BCUT2D eigenvalue weighted by atomic mass is 16.3. The molecule has 4 heteroatoms. The van der Waals surface area contributed by atoms with E-state index in [0.717, 1.165) is 25.7 Å². The molecule has 0 aromatic rings. The van der Waals surface area contributed by atoms with E-state index in [1.165, 1.54) is 180 Å². The van der Waals surface area contributed by atoms with Crippen molar-refractivity contribution in [1.29, 1.82) is 0 Å². The Bertz CT molecular complexity index is 622. The predicted octanol–water partition coefficient (Wildman–Crippen LogP) is 12.7. The Morgan fingerprint density at radius 1 is 0.500 bits per heavy atom. The van der Waals surface area contributed by atoms with Crippen molar-refractivity contribution in [3.05, 3.63) is 12.2 Å². The fraction of sp³-hybridized carbons (Fsp3) is 0.929. The number of amides is 1. The van der Waals surface area contributed by atoms with Crippen molar-refractivity contribution in [2.45, 2.75) is 244 Å². The van der Waals surface area contributed by atoms with Gasteiger partial charge in [-0.25, -0.2) is 0 Å². The van der Waals surface area contributed by atoms with Crippen molar-refractivity contribution in [1.82, 2.24) is 5.32 Å². The molecule has 0 heterocycles. The van der Waals surface area contributed by atoms with Crippen molar-refractivity contribution >= 4 is 5.91 Å². The number of carbonyl (C=O) groups excluding carboxylic acids is 1.